The number of aliphatic hydroxyl groups is 1. The maximum Gasteiger partial charge on any atom is 2.00 e. The number of hydrogen-bond donors (Lipinski definition) is 1. The largest absolute Gasteiger partial charge is 2.00 e. The molecule has 0 aromatic heterocycles. The van der Waals surface area contributed by atoms with Gasteiger partial charge in [-0.3, -0.25) is 9.98 Å². The third-order valence-corrected chi connectivity index (χ3v) is 5.80. The summed E-state index contributed by atoms with van der Waals surface area (Å²) >= 11 is 0. The zero-order chi connectivity index (χ0) is 26.9. The summed E-state index contributed by atoms with van der Waals surface area (Å²) in [6.07, 6.45) is 0.619. The fraction of sp³-hybridized carbons (Fsp3) is 0.562. The summed E-state index contributed by atoms with van der Waals surface area (Å²) in [6.45, 7) is 25.7. The third kappa shape index (κ3) is 10.9. The molecule has 0 unspecified atom stereocenters. The molecule has 0 saturated carbocycles. The summed E-state index contributed by atoms with van der Waals surface area (Å²) in [5.41, 5.74) is 9.85. The Kier molecular flexibility index (Phi) is 15.7. The number of para-hydroxylation sites is 2. The molecule has 0 heterocycles. The molecule has 0 saturated heterocycles. The molecule has 2 rings (SSSR count). The van der Waals surface area contributed by atoms with Crippen LogP contribution in [0.15, 0.2) is 46.4 Å². The van der Waals surface area contributed by atoms with E-state index in [-0.39, 0.29) is 30.0 Å². The van der Waals surface area contributed by atoms with E-state index < -0.39 is 0 Å². The molecule has 0 aliphatic carbocycles. The first-order valence-electron chi connectivity index (χ1n) is 13.3. The molecule has 1 N–H and O–H groups in total. The van der Waals surface area contributed by atoms with Crippen molar-refractivity contribution in [3.8, 4) is 0 Å². The van der Waals surface area contributed by atoms with Crippen molar-refractivity contribution in [1.82, 2.24) is 0 Å². The van der Waals surface area contributed by atoms with Crippen molar-refractivity contribution in [3.63, 3.8) is 0 Å². The standard InChI is InChI=1S/C29H42N2.C3H8O.Sn/c1-18(2)24-13-11-14-25(19(3)4)28(24)30-22(9)17-23(10)31-29-26(20(5)6)15-12-16-27(29)21(7)8;1-3(2)4;/h11-16,18-21H,17H2,1-10H3;3-4H,1-2H3;/q;;+2. The fourth-order valence-electron chi connectivity index (χ4n) is 4.11. The number of rotatable bonds is 8. The molecule has 0 aliphatic heterocycles. The molecule has 2 aromatic carbocycles. The molecule has 2 radical (unpaired) electrons. The molecule has 4 heteroatoms. The van der Waals surface area contributed by atoms with Gasteiger partial charge in [-0.15, -0.1) is 0 Å². The predicted octanol–water partition coefficient (Wildman–Crippen LogP) is 9.46. The van der Waals surface area contributed by atoms with E-state index in [1.165, 1.54) is 22.3 Å². The van der Waals surface area contributed by atoms with Crippen LogP contribution in [0, 0.1) is 0 Å². The van der Waals surface area contributed by atoms with Crippen LogP contribution in [0.2, 0.25) is 0 Å². The predicted molar refractivity (Wildman–Crippen MR) is 163 cm³/mol. The van der Waals surface area contributed by atoms with Crippen molar-refractivity contribution >= 4 is 46.7 Å². The minimum Gasteiger partial charge on any atom is -0.394 e. The van der Waals surface area contributed by atoms with Gasteiger partial charge in [0.25, 0.3) is 0 Å². The molecule has 36 heavy (non-hydrogen) atoms. The zero-order valence-electron chi connectivity index (χ0n) is 24.9. The van der Waals surface area contributed by atoms with E-state index in [0.29, 0.717) is 23.7 Å². The Bertz CT molecular complexity index is 868. The van der Waals surface area contributed by atoms with Crippen molar-refractivity contribution in [2.24, 2.45) is 9.98 Å². The second kappa shape index (κ2) is 16.4. The number of aliphatic imine (C=N–C) groups is 2. The van der Waals surface area contributed by atoms with Crippen molar-refractivity contribution in [2.45, 2.75) is 119 Å². The van der Waals surface area contributed by atoms with Gasteiger partial charge >= 0.3 is 23.9 Å². The van der Waals surface area contributed by atoms with Gasteiger partial charge in [0.15, 0.2) is 0 Å². The van der Waals surface area contributed by atoms with Crippen LogP contribution in [-0.2, 0) is 0 Å². The van der Waals surface area contributed by atoms with E-state index in [1.807, 2.05) is 0 Å². The van der Waals surface area contributed by atoms with Crippen LogP contribution in [0.4, 0.5) is 11.4 Å². The monoisotopic (exact) mass is 598 g/mol. The molecule has 0 amide bonds. The molecule has 0 aliphatic rings. The van der Waals surface area contributed by atoms with Gasteiger partial charge in [-0.05, 0) is 73.6 Å². The van der Waals surface area contributed by atoms with E-state index in [9.17, 15) is 0 Å². The van der Waals surface area contributed by atoms with Crippen LogP contribution in [0.3, 0.4) is 0 Å². The van der Waals surface area contributed by atoms with E-state index in [2.05, 4.69) is 106 Å². The first kappa shape index (κ1) is 34.5. The summed E-state index contributed by atoms with van der Waals surface area (Å²) < 4.78 is 0. The molecular weight excluding hydrogens is 547 g/mol. The maximum atomic E-state index is 8.06. The smallest absolute Gasteiger partial charge is 0.394 e. The quantitative estimate of drug-likeness (QED) is 0.239. The number of aliphatic hydroxyl groups excluding tert-OH is 1. The Balaban J connectivity index is 0.00000227. The molecule has 0 fully saturated rings. The first-order valence-corrected chi connectivity index (χ1v) is 13.3. The fourth-order valence-corrected chi connectivity index (χ4v) is 4.11. The van der Waals surface area contributed by atoms with E-state index >= 15 is 0 Å². The van der Waals surface area contributed by atoms with Gasteiger partial charge in [0.05, 0.1) is 11.4 Å². The van der Waals surface area contributed by atoms with Crippen LogP contribution in [-0.4, -0.2) is 46.5 Å². The molecular formula is C32H50N2OSn+2. The van der Waals surface area contributed by atoms with Crippen LogP contribution < -0.4 is 0 Å². The van der Waals surface area contributed by atoms with Gasteiger partial charge in [-0.25, -0.2) is 0 Å². The SMILES string of the molecule is CC(C)O.CC(CC(C)=Nc1c(C(C)C)cccc1C(C)C)=Nc1c(C(C)C)cccc1C(C)C.[Sn+2]. The van der Waals surface area contributed by atoms with Gasteiger partial charge in [0, 0.05) is 23.9 Å². The Labute approximate surface area is 238 Å². The number of hydrogen-bond acceptors (Lipinski definition) is 3. The number of benzene rings is 2. The summed E-state index contributed by atoms with van der Waals surface area (Å²) in [7, 11) is 0. The number of nitrogens with zero attached hydrogens (tertiary/aromatic N) is 2. The molecule has 0 bridgehead atoms. The Morgan fingerprint density at radius 1 is 0.583 bits per heavy atom. The second-order valence-electron chi connectivity index (χ2n) is 11.2. The van der Waals surface area contributed by atoms with Gasteiger partial charge in [0.2, 0.25) is 0 Å². The maximum absolute atomic E-state index is 8.06. The van der Waals surface area contributed by atoms with Crippen molar-refractivity contribution < 1.29 is 5.11 Å². The minimum atomic E-state index is -0.167. The second-order valence-corrected chi connectivity index (χ2v) is 11.2. The summed E-state index contributed by atoms with van der Waals surface area (Å²) in [6, 6.07) is 13.2. The van der Waals surface area contributed by atoms with Gasteiger partial charge in [-0.2, -0.15) is 0 Å². The molecule has 2 aromatic rings. The van der Waals surface area contributed by atoms with Crippen molar-refractivity contribution in [1.29, 1.82) is 0 Å². The van der Waals surface area contributed by atoms with Gasteiger partial charge in [0.1, 0.15) is 0 Å². The Morgan fingerprint density at radius 3 is 1.00 bits per heavy atom. The molecule has 196 valence electrons. The van der Waals surface area contributed by atoms with Gasteiger partial charge in [-0.1, -0.05) is 91.8 Å². The van der Waals surface area contributed by atoms with Crippen molar-refractivity contribution in [3.05, 3.63) is 58.7 Å². The summed E-state index contributed by atoms with van der Waals surface area (Å²) in [5.74, 6) is 1.80. The topological polar surface area (TPSA) is 45.0 Å². The van der Waals surface area contributed by atoms with E-state index in [1.54, 1.807) is 13.8 Å². The minimum absolute atomic E-state index is 0. The Morgan fingerprint density at radius 2 is 0.806 bits per heavy atom. The average Bonchev–Trinajstić information content (AvgIpc) is 2.72. The molecule has 0 atom stereocenters. The van der Waals surface area contributed by atoms with Crippen LogP contribution >= 0.6 is 0 Å². The van der Waals surface area contributed by atoms with Crippen LogP contribution in [0.1, 0.15) is 135 Å². The molecule has 0 spiro atoms. The summed E-state index contributed by atoms with van der Waals surface area (Å²) in [5, 5.41) is 8.06. The van der Waals surface area contributed by atoms with Crippen LogP contribution in [0.5, 0.6) is 0 Å². The first-order chi connectivity index (χ1) is 16.3. The normalized spacial score (nSPS) is 12.4. The van der Waals surface area contributed by atoms with Crippen molar-refractivity contribution in [2.75, 3.05) is 0 Å². The Hall–Kier alpha value is -1.46. The van der Waals surface area contributed by atoms with E-state index in [4.69, 9.17) is 15.1 Å². The van der Waals surface area contributed by atoms with Crippen LogP contribution in [0.25, 0.3) is 0 Å². The zero-order valence-corrected chi connectivity index (χ0v) is 27.8. The van der Waals surface area contributed by atoms with E-state index in [0.717, 1.165) is 29.2 Å². The molecule has 3 nitrogen and oxygen atoms in total. The summed E-state index contributed by atoms with van der Waals surface area (Å²) in [4.78, 5) is 10.3. The third-order valence-electron chi connectivity index (χ3n) is 5.80. The average molecular weight is 597 g/mol. The van der Waals surface area contributed by atoms with Gasteiger partial charge < -0.3 is 5.11 Å².